The fourth-order valence-corrected chi connectivity index (χ4v) is 1.84. The number of aryl methyl sites for hydroxylation is 1. The van der Waals surface area contributed by atoms with E-state index in [0.29, 0.717) is 15.6 Å². The lowest BCUT2D eigenvalue weighted by atomic mass is 10.2. The van der Waals surface area contributed by atoms with Gasteiger partial charge in [-0.05, 0) is 28.1 Å². The van der Waals surface area contributed by atoms with Crippen molar-refractivity contribution >= 4 is 33.1 Å². The Bertz CT molecular complexity index is 518. The van der Waals surface area contributed by atoms with E-state index in [9.17, 15) is 9.18 Å². The molecule has 0 unspecified atom stereocenters. The number of halogens is 2. The summed E-state index contributed by atoms with van der Waals surface area (Å²) in [5, 5.41) is 0.760. The monoisotopic (exact) mass is 255 g/mol. The highest BCUT2D eigenvalue weighted by molar-refractivity contribution is 9.10. The Hall–Kier alpha value is -1.16. The first-order valence-corrected chi connectivity index (χ1v) is 4.82. The Balaban J connectivity index is 2.90. The van der Waals surface area contributed by atoms with Gasteiger partial charge >= 0.3 is 0 Å². The molecule has 72 valence electrons. The minimum absolute atomic E-state index is 0.323. The molecule has 0 saturated carbocycles. The zero-order chi connectivity index (χ0) is 10.3. The minimum Gasteiger partial charge on any atom is -0.350 e. The average Bonchev–Trinajstić information content (AvgIpc) is 2.45. The van der Waals surface area contributed by atoms with Crippen molar-refractivity contribution in [2.24, 2.45) is 7.05 Å². The van der Waals surface area contributed by atoms with Crippen LogP contribution in [-0.4, -0.2) is 10.9 Å². The van der Waals surface area contributed by atoms with Crippen molar-refractivity contribution in [2.45, 2.75) is 0 Å². The summed E-state index contributed by atoms with van der Waals surface area (Å²) < 4.78 is 15.3. The minimum atomic E-state index is -0.323. The van der Waals surface area contributed by atoms with Gasteiger partial charge in [-0.3, -0.25) is 4.79 Å². The first-order chi connectivity index (χ1) is 6.63. The van der Waals surface area contributed by atoms with E-state index in [1.165, 1.54) is 6.07 Å². The summed E-state index contributed by atoms with van der Waals surface area (Å²) in [6.07, 6.45) is 2.45. The standard InChI is InChI=1S/C10H7BrFNO/c1-13-4-6(5-14)7-2-8(11)9(12)3-10(7)13/h2-5H,1H3. The van der Waals surface area contributed by atoms with Crippen molar-refractivity contribution in [1.82, 2.24) is 4.57 Å². The van der Waals surface area contributed by atoms with Gasteiger partial charge in [-0.2, -0.15) is 0 Å². The van der Waals surface area contributed by atoms with Gasteiger partial charge in [0.1, 0.15) is 5.82 Å². The quantitative estimate of drug-likeness (QED) is 0.719. The summed E-state index contributed by atoms with van der Waals surface area (Å²) in [6.45, 7) is 0. The van der Waals surface area contributed by atoms with Crippen LogP contribution in [0.2, 0.25) is 0 Å². The van der Waals surface area contributed by atoms with Crippen molar-refractivity contribution in [1.29, 1.82) is 0 Å². The SMILES string of the molecule is Cn1cc(C=O)c2cc(Br)c(F)cc21. The Labute approximate surface area is 88.5 Å². The van der Waals surface area contributed by atoms with Crippen LogP contribution in [0.3, 0.4) is 0 Å². The van der Waals surface area contributed by atoms with E-state index in [1.54, 1.807) is 23.9 Å². The molecule has 0 bridgehead atoms. The highest BCUT2D eigenvalue weighted by atomic mass is 79.9. The molecule has 0 aliphatic carbocycles. The van der Waals surface area contributed by atoms with E-state index in [0.717, 1.165) is 11.7 Å². The topological polar surface area (TPSA) is 22.0 Å². The highest BCUT2D eigenvalue weighted by Gasteiger charge is 2.09. The molecule has 0 fully saturated rings. The molecule has 0 atom stereocenters. The number of carbonyl (C=O) groups is 1. The van der Waals surface area contributed by atoms with E-state index < -0.39 is 0 Å². The summed E-state index contributed by atoms with van der Waals surface area (Å²) in [6, 6.07) is 3.03. The molecule has 1 aromatic heterocycles. The number of hydrogen-bond donors (Lipinski definition) is 0. The predicted octanol–water partition coefficient (Wildman–Crippen LogP) is 2.89. The number of benzene rings is 1. The second-order valence-electron chi connectivity index (χ2n) is 3.10. The van der Waals surface area contributed by atoms with Gasteiger partial charge in [0.05, 0.1) is 9.99 Å². The fourth-order valence-electron chi connectivity index (χ4n) is 1.50. The fraction of sp³-hybridized carbons (Fsp3) is 0.100. The third kappa shape index (κ3) is 1.26. The van der Waals surface area contributed by atoms with E-state index in [4.69, 9.17) is 0 Å². The lowest BCUT2D eigenvalue weighted by molar-refractivity contribution is 0.112. The molecule has 0 aliphatic rings. The zero-order valence-electron chi connectivity index (χ0n) is 7.42. The van der Waals surface area contributed by atoms with Gasteiger partial charge in [0.25, 0.3) is 0 Å². The molecule has 2 rings (SSSR count). The van der Waals surface area contributed by atoms with Gasteiger partial charge < -0.3 is 4.57 Å². The third-order valence-electron chi connectivity index (χ3n) is 2.19. The zero-order valence-corrected chi connectivity index (χ0v) is 9.01. The van der Waals surface area contributed by atoms with Crippen molar-refractivity contribution in [3.63, 3.8) is 0 Å². The molecular weight excluding hydrogens is 249 g/mol. The Morgan fingerprint density at radius 3 is 2.86 bits per heavy atom. The Morgan fingerprint density at radius 2 is 2.21 bits per heavy atom. The van der Waals surface area contributed by atoms with E-state index >= 15 is 0 Å². The lowest BCUT2D eigenvalue weighted by Gasteiger charge is -1.98. The van der Waals surface area contributed by atoms with Crippen LogP contribution in [0, 0.1) is 5.82 Å². The van der Waals surface area contributed by atoms with Crippen LogP contribution in [0.1, 0.15) is 10.4 Å². The first-order valence-electron chi connectivity index (χ1n) is 4.02. The maximum Gasteiger partial charge on any atom is 0.152 e. The highest BCUT2D eigenvalue weighted by Crippen LogP contribution is 2.26. The van der Waals surface area contributed by atoms with E-state index in [1.807, 2.05) is 0 Å². The summed E-state index contributed by atoms with van der Waals surface area (Å²) in [4.78, 5) is 10.7. The predicted molar refractivity (Wildman–Crippen MR) is 56.0 cm³/mol. The van der Waals surface area contributed by atoms with Gasteiger partial charge in [-0.1, -0.05) is 0 Å². The number of rotatable bonds is 1. The van der Waals surface area contributed by atoms with Crippen LogP contribution < -0.4 is 0 Å². The second kappa shape index (κ2) is 3.20. The Morgan fingerprint density at radius 1 is 1.50 bits per heavy atom. The van der Waals surface area contributed by atoms with E-state index in [-0.39, 0.29) is 5.82 Å². The molecule has 14 heavy (non-hydrogen) atoms. The second-order valence-corrected chi connectivity index (χ2v) is 3.95. The van der Waals surface area contributed by atoms with Crippen LogP contribution in [0.25, 0.3) is 10.9 Å². The summed E-state index contributed by atoms with van der Waals surface area (Å²) in [7, 11) is 1.78. The van der Waals surface area contributed by atoms with Gasteiger partial charge in [0.15, 0.2) is 6.29 Å². The van der Waals surface area contributed by atoms with Crippen LogP contribution >= 0.6 is 15.9 Å². The van der Waals surface area contributed by atoms with Crippen LogP contribution in [-0.2, 0) is 7.05 Å². The van der Waals surface area contributed by atoms with Crippen LogP contribution in [0.5, 0.6) is 0 Å². The van der Waals surface area contributed by atoms with Crippen LogP contribution in [0.4, 0.5) is 4.39 Å². The molecule has 4 heteroatoms. The molecule has 0 N–H and O–H groups in total. The molecule has 0 amide bonds. The maximum atomic E-state index is 13.2. The summed E-state index contributed by atoms with van der Waals surface area (Å²) in [5.41, 5.74) is 1.29. The Kier molecular flexibility index (Phi) is 2.15. The van der Waals surface area contributed by atoms with Crippen molar-refractivity contribution in [3.8, 4) is 0 Å². The molecule has 0 aliphatic heterocycles. The van der Waals surface area contributed by atoms with Crippen molar-refractivity contribution < 1.29 is 9.18 Å². The number of nitrogens with zero attached hydrogens (tertiary/aromatic N) is 1. The first kappa shape index (κ1) is 9.40. The van der Waals surface area contributed by atoms with Gasteiger partial charge in [-0.25, -0.2) is 4.39 Å². The molecule has 0 radical (unpaired) electrons. The molecule has 2 nitrogen and oxygen atoms in total. The maximum absolute atomic E-state index is 13.2. The van der Waals surface area contributed by atoms with Gasteiger partial charge in [-0.15, -0.1) is 0 Å². The molecule has 0 spiro atoms. The number of fused-ring (bicyclic) bond motifs is 1. The lowest BCUT2D eigenvalue weighted by Crippen LogP contribution is -1.85. The van der Waals surface area contributed by atoms with Gasteiger partial charge in [0, 0.05) is 24.2 Å². The van der Waals surface area contributed by atoms with Crippen LogP contribution in [0.15, 0.2) is 22.8 Å². The molecule has 1 aromatic carbocycles. The van der Waals surface area contributed by atoms with Crippen molar-refractivity contribution in [3.05, 3.63) is 34.2 Å². The third-order valence-corrected chi connectivity index (χ3v) is 2.80. The van der Waals surface area contributed by atoms with E-state index in [2.05, 4.69) is 15.9 Å². The summed E-state index contributed by atoms with van der Waals surface area (Å²) >= 11 is 3.09. The number of carbonyl (C=O) groups excluding carboxylic acids is 1. The molecule has 0 saturated heterocycles. The largest absolute Gasteiger partial charge is 0.350 e. The van der Waals surface area contributed by atoms with Crippen molar-refractivity contribution in [2.75, 3.05) is 0 Å². The number of aromatic nitrogens is 1. The molecule has 2 aromatic rings. The normalized spacial score (nSPS) is 10.8. The summed E-state index contributed by atoms with van der Waals surface area (Å²) in [5.74, 6) is -0.323. The smallest absolute Gasteiger partial charge is 0.152 e. The average molecular weight is 256 g/mol. The molecular formula is C10H7BrFNO. The molecule has 1 heterocycles. The number of hydrogen-bond acceptors (Lipinski definition) is 1. The van der Waals surface area contributed by atoms with Gasteiger partial charge in [0.2, 0.25) is 0 Å². The number of aldehydes is 1.